The van der Waals surface area contributed by atoms with Crippen LogP contribution in [0.3, 0.4) is 0 Å². The predicted molar refractivity (Wildman–Crippen MR) is 87.0 cm³/mol. The Bertz CT molecular complexity index is 783. The van der Waals surface area contributed by atoms with E-state index in [0.29, 0.717) is 5.92 Å². The highest BCUT2D eigenvalue weighted by atomic mass is 16.3. The second-order valence-electron chi connectivity index (χ2n) is 5.54. The maximum absolute atomic E-state index is 9.12. The fraction of sp³-hybridized carbons (Fsp3) is 0.438. The first-order valence-corrected chi connectivity index (χ1v) is 7.70. The van der Waals surface area contributed by atoms with Gasteiger partial charge in [-0.05, 0) is 19.3 Å². The van der Waals surface area contributed by atoms with Gasteiger partial charge in [0.25, 0.3) is 0 Å². The quantitative estimate of drug-likeness (QED) is 0.731. The molecule has 3 aromatic rings. The fourth-order valence-corrected chi connectivity index (χ4v) is 2.69. The van der Waals surface area contributed by atoms with Crippen LogP contribution < -0.4 is 5.32 Å². The lowest BCUT2D eigenvalue weighted by Gasteiger charge is -2.16. The number of rotatable bonds is 6. The third-order valence-electron chi connectivity index (χ3n) is 4.09. The lowest BCUT2D eigenvalue weighted by Crippen LogP contribution is -2.16. The summed E-state index contributed by atoms with van der Waals surface area (Å²) in [7, 11) is 0. The number of aliphatic hydroxyl groups excluding tert-OH is 1. The molecule has 2 heterocycles. The van der Waals surface area contributed by atoms with E-state index in [0.717, 1.165) is 47.4 Å². The normalized spacial score (nSPS) is 12.9. The zero-order chi connectivity index (χ0) is 15.5. The molecule has 0 radical (unpaired) electrons. The summed E-state index contributed by atoms with van der Waals surface area (Å²) in [5, 5.41) is 27.6. The van der Waals surface area contributed by atoms with Gasteiger partial charge in [0.05, 0.1) is 0 Å². The topological polar surface area (TPSA) is 75.3 Å². The van der Waals surface area contributed by atoms with E-state index >= 15 is 0 Å². The van der Waals surface area contributed by atoms with E-state index in [1.54, 1.807) is 4.52 Å². The number of nitrogens with zero attached hydrogens (tertiary/aromatic N) is 4. The van der Waals surface area contributed by atoms with Crippen molar-refractivity contribution in [1.82, 2.24) is 19.8 Å². The second kappa shape index (κ2) is 6.27. The molecule has 0 unspecified atom stereocenters. The van der Waals surface area contributed by atoms with E-state index in [1.165, 1.54) is 0 Å². The van der Waals surface area contributed by atoms with E-state index in [9.17, 15) is 0 Å². The molecular weight excluding hydrogens is 278 g/mol. The van der Waals surface area contributed by atoms with E-state index in [4.69, 9.17) is 5.11 Å². The minimum absolute atomic E-state index is 0.220. The third kappa shape index (κ3) is 2.62. The molecule has 116 valence electrons. The SMILES string of the molecule is CC[C@@H](CCO)CNc1nn2c(C)nnc2c2ccccc12. The first kappa shape index (κ1) is 14.7. The molecule has 6 nitrogen and oxygen atoms in total. The molecule has 0 bridgehead atoms. The highest BCUT2D eigenvalue weighted by Gasteiger charge is 2.13. The predicted octanol–water partition coefficient (Wildman–Crippen LogP) is 2.41. The van der Waals surface area contributed by atoms with Crippen molar-refractivity contribution >= 4 is 22.2 Å². The molecule has 0 aliphatic rings. The van der Waals surface area contributed by atoms with Crippen LogP contribution >= 0.6 is 0 Å². The Morgan fingerprint density at radius 2 is 2.00 bits per heavy atom. The summed E-state index contributed by atoms with van der Waals surface area (Å²) >= 11 is 0. The molecule has 2 N–H and O–H groups in total. The molecule has 0 fully saturated rings. The van der Waals surface area contributed by atoms with Crippen molar-refractivity contribution in [2.75, 3.05) is 18.5 Å². The lowest BCUT2D eigenvalue weighted by molar-refractivity contribution is 0.258. The summed E-state index contributed by atoms with van der Waals surface area (Å²) in [5.74, 6) is 2.04. The summed E-state index contributed by atoms with van der Waals surface area (Å²) in [6, 6.07) is 8.08. The molecule has 6 heteroatoms. The molecule has 0 amide bonds. The maximum atomic E-state index is 9.12. The number of aromatic nitrogens is 4. The molecule has 0 saturated heterocycles. The Morgan fingerprint density at radius 3 is 2.73 bits per heavy atom. The number of nitrogens with one attached hydrogen (secondary N) is 1. The van der Waals surface area contributed by atoms with Gasteiger partial charge in [0.2, 0.25) is 0 Å². The molecular formula is C16H21N5O. The van der Waals surface area contributed by atoms with Gasteiger partial charge < -0.3 is 10.4 Å². The minimum Gasteiger partial charge on any atom is -0.396 e. The molecule has 0 aliphatic heterocycles. The Labute approximate surface area is 129 Å². The molecule has 0 spiro atoms. The molecule has 1 aromatic carbocycles. The van der Waals surface area contributed by atoms with Crippen molar-refractivity contribution in [2.24, 2.45) is 5.92 Å². The van der Waals surface area contributed by atoms with Crippen LogP contribution in [0.15, 0.2) is 24.3 Å². The largest absolute Gasteiger partial charge is 0.396 e. The van der Waals surface area contributed by atoms with Crippen molar-refractivity contribution in [3.8, 4) is 0 Å². The Morgan fingerprint density at radius 1 is 1.23 bits per heavy atom. The summed E-state index contributed by atoms with van der Waals surface area (Å²) in [6.45, 7) is 5.05. The van der Waals surface area contributed by atoms with Crippen LogP contribution in [0, 0.1) is 12.8 Å². The van der Waals surface area contributed by atoms with Gasteiger partial charge in [0, 0.05) is 23.9 Å². The van der Waals surface area contributed by atoms with Crippen LogP contribution in [0.4, 0.5) is 5.82 Å². The van der Waals surface area contributed by atoms with E-state index in [2.05, 4.69) is 27.5 Å². The number of benzene rings is 1. The number of hydrogen-bond acceptors (Lipinski definition) is 5. The first-order valence-electron chi connectivity index (χ1n) is 7.70. The van der Waals surface area contributed by atoms with Crippen LogP contribution in [-0.4, -0.2) is 38.1 Å². The third-order valence-corrected chi connectivity index (χ3v) is 4.09. The zero-order valence-corrected chi connectivity index (χ0v) is 13.0. The van der Waals surface area contributed by atoms with Gasteiger partial charge in [-0.15, -0.1) is 15.3 Å². The van der Waals surface area contributed by atoms with Crippen LogP contribution in [0.1, 0.15) is 25.6 Å². The van der Waals surface area contributed by atoms with Gasteiger partial charge in [0.15, 0.2) is 17.3 Å². The minimum atomic E-state index is 0.220. The number of aliphatic hydroxyl groups is 1. The second-order valence-corrected chi connectivity index (χ2v) is 5.54. The molecule has 0 aliphatic carbocycles. The van der Waals surface area contributed by atoms with Gasteiger partial charge in [0.1, 0.15) is 0 Å². The highest BCUT2D eigenvalue weighted by molar-refractivity contribution is 5.99. The van der Waals surface area contributed by atoms with Crippen molar-refractivity contribution in [3.05, 3.63) is 30.1 Å². The van der Waals surface area contributed by atoms with Crippen molar-refractivity contribution in [1.29, 1.82) is 0 Å². The summed E-state index contributed by atoms with van der Waals surface area (Å²) in [6.07, 6.45) is 1.83. The maximum Gasteiger partial charge on any atom is 0.185 e. The lowest BCUT2D eigenvalue weighted by atomic mass is 10.0. The van der Waals surface area contributed by atoms with Crippen LogP contribution in [0.2, 0.25) is 0 Å². The van der Waals surface area contributed by atoms with Crippen LogP contribution in [0.5, 0.6) is 0 Å². The van der Waals surface area contributed by atoms with Crippen LogP contribution in [0.25, 0.3) is 16.4 Å². The molecule has 1 atom stereocenters. The first-order chi connectivity index (χ1) is 10.7. The van der Waals surface area contributed by atoms with Crippen molar-refractivity contribution in [2.45, 2.75) is 26.7 Å². The van der Waals surface area contributed by atoms with Crippen molar-refractivity contribution < 1.29 is 5.11 Å². The summed E-state index contributed by atoms with van der Waals surface area (Å²) in [5.41, 5.74) is 0.779. The standard InChI is InChI=1S/C16H21N5O/c1-3-12(8-9-22)10-17-15-13-6-4-5-7-14(13)16-19-18-11(2)21(16)20-15/h4-7,12,22H,3,8-10H2,1-2H3,(H,17,20)/t12-/m0/s1. The Balaban J connectivity index is 2.01. The van der Waals surface area contributed by atoms with E-state index < -0.39 is 0 Å². The van der Waals surface area contributed by atoms with Crippen LogP contribution in [-0.2, 0) is 0 Å². The van der Waals surface area contributed by atoms with E-state index in [-0.39, 0.29) is 6.61 Å². The van der Waals surface area contributed by atoms with Gasteiger partial charge in [-0.1, -0.05) is 37.6 Å². The summed E-state index contributed by atoms with van der Waals surface area (Å²) < 4.78 is 1.78. The van der Waals surface area contributed by atoms with Crippen molar-refractivity contribution in [3.63, 3.8) is 0 Å². The molecule has 3 rings (SSSR count). The van der Waals surface area contributed by atoms with E-state index in [1.807, 2.05) is 31.2 Å². The molecule has 22 heavy (non-hydrogen) atoms. The highest BCUT2D eigenvalue weighted by Crippen LogP contribution is 2.25. The summed E-state index contributed by atoms with van der Waals surface area (Å²) in [4.78, 5) is 0. The number of aryl methyl sites for hydroxylation is 1. The van der Waals surface area contributed by atoms with Gasteiger partial charge in [-0.3, -0.25) is 0 Å². The van der Waals surface area contributed by atoms with Gasteiger partial charge >= 0.3 is 0 Å². The molecule has 0 saturated carbocycles. The number of fused-ring (bicyclic) bond motifs is 3. The Kier molecular flexibility index (Phi) is 4.20. The Hall–Kier alpha value is -2.21. The average molecular weight is 299 g/mol. The molecule has 2 aromatic heterocycles. The number of anilines is 1. The smallest absolute Gasteiger partial charge is 0.185 e. The monoisotopic (exact) mass is 299 g/mol. The number of hydrogen-bond donors (Lipinski definition) is 2. The average Bonchev–Trinajstić information content (AvgIpc) is 2.92. The van der Waals surface area contributed by atoms with Gasteiger partial charge in [-0.25, -0.2) is 0 Å². The fourth-order valence-electron chi connectivity index (χ4n) is 2.69. The van der Waals surface area contributed by atoms with Gasteiger partial charge in [-0.2, -0.15) is 4.52 Å². The zero-order valence-electron chi connectivity index (χ0n) is 13.0.